The maximum Gasteiger partial charge on any atom is 0.460 e. The maximum atomic E-state index is 13.9. The van der Waals surface area contributed by atoms with Crippen molar-refractivity contribution in [3.8, 4) is 11.1 Å². The molecule has 3 rings (SSSR count). The van der Waals surface area contributed by atoms with Crippen LogP contribution in [0, 0.1) is 0 Å². The maximum absolute atomic E-state index is 13.9. The molecule has 0 saturated heterocycles. The van der Waals surface area contributed by atoms with Crippen LogP contribution in [0.3, 0.4) is 0 Å². The Morgan fingerprint density at radius 3 is 1.94 bits per heavy atom. The zero-order valence-corrected chi connectivity index (χ0v) is 15.9. The minimum absolute atomic E-state index is 0.274. The van der Waals surface area contributed by atoms with Crippen LogP contribution in [0.25, 0.3) is 22.2 Å². The van der Waals surface area contributed by atoms with Gasteiger partial charge < -0.3 is 4.98 Å². The molecule has 31 heavy (non-hydrogen) atoms. The second kappa shape index (κ2) is 7.16. The van der Waals surface area contributed by atoms with Crippen molar-refractivity contribution in [1.29, 1.82) is 0 Å². The highest BCUT2D eigenvalue weighted by Crippen LogP contribution is 2.51. The summed E-state index contributed by atoms with van der Waals surface area (Å²) in [7, 11) is 0. The van der Waals surface area contributed by atoms with Gasteiger partial charge in [0.05, 0.1) is 21.6 Å². The van der Waals surface area contributed by atoms with Crippen molar-refractivity contribution in [3.05, 3.63) is 51.8 Å². The third-order valence-electron chi connectivity index (χ3n) is 4.20. The molecule has 0 radical (unpaired) electrons. The first-order valence-corrected chi connectivity index (χ1v) is 8.61. The van der Waals surface area contributed by atoms with Crippen LogP contribution in [0.2, 0.25) is 10.0 Å². The van der Waals surface area contributed by atoms with Crippen LogP contribution in [0.4, 0.5) is 43.9 Å². The summed E-state index contributed by atoms with van der Waals surface area (Å²) in [4.78, 5) is 4.67. The number of imidazole rings is 1. The Hall–Kier alpha value is -2.21. The molecule has 0 atom stereocenters. The van der Waals surface area contributed by atoms with Gasteiger partial charge in [0.15, 0.2) is 5.82 Å². The van der Waals surface area contributed by atoms with Gasteiger partial charge in [0.25, 0.3) is 0 Å². The molecule has 14 heteroatoms. The summed E-state index contributed by atoms with van der Waals surface area (Å²) in [5, 5.41) is -0.717. The Balaban J connectivity index is 2.20. The number of hydrogen-bond donors (Lipinski definition) is 1. The quantitative estimate of drug-likeness (QED) is 0.366. The Labute approximate surface area is 175 Å². The predicted octanol–water partition coefficient (Wildman–Crippen LogP) is 7.84. The smallest absolute Gasteiger partial charge is 0.337 e. The van der Waals surface area contributed by atoms with E-state index in [0.29, 0.717) is 6.07 Å². The number of benzene rings is 2. The van der Waals surface area contributed by atoms with Crippen LogP contribution in [0.5, 0.6) is 0 Å². The molecule has 168 valence electrons. The summed E-state index contributed by atoms with van der Waals surface area (Å²) in [6.07, 6.45) is -11.5. The van der Waals surface area contributed by atoms with Crippen molar-refractivity contribution in [2.45, 2.75) is 24.2 Å². The molecule has 0 aliphatic heterocycles. The zero-order chi connectivity index (χ0) is 23.6. The van der Waals surface area contributed by atoms with E-state index in [-0.39, 0.29) is 10.6 Å². The number of nitrogens with one attached hydrogen (secondary N) is 1. The molecule has 0 unspecified atom stereocenters. The van der Waals surface area contributed by atoms with Crippen LogP contribution in [-0.4, -0.2) is 22.1 Å². The lowest BCUT2D eigenvalue weighted by Crippen LogP contribution is -2.50. The molecule has 0 fully saturated rings. The van der Waals surface area contributed by atoms with Crippen molar-refractivity contribution in [3.63, 3.8) is 0 Å². The second-order valence-corrected chi connectivity index (χ2v) is 7.11. The first-order valence-electron chi connectivity index (χ1n) is 7.86. The van der Waals surface area contributed by atoms with Crippen LogP contribution in [-0.2, 0) is 12.1 Å². The van der Waals surface area contributed by atoms with E-state index in [1.165, 1.54) is 0 Å². The summed E-state index contributed by atoms with van der Waals surface area (Å²) < 4.78 is 132. The lowest BCUT2D eigenvalue weighted by atomic mass is 9.99. The molecule has 0 bridgehead atoms. The number of alkyl halides is 10. The Kier molecular flexibility index (Phi) is 5.41. The third kappa shape index (κ3) is 3.91. The van der Waals surface area contributed by atoms with Gasteiger partial charge in [-0.1, -0.05) is 29.3 Å². The lowest BCUT2D eigenvalue weighted by molar-refractivity contribution is -0.361. The minimum atomic E-state index is -6.59. The van der Waals surface area contributed by atoms with Crippen LogP contribution in [0.1, 0.15) is 11.4 Å². The lowest BCUT2D eigenvalue weighted by Gasteiger charge is -2.26. The molecular weight excluding hydrogens is 493 g/mol. The van der Waals surface area contributed by atoms with E-state index >= 15 is 0 Å². The minimum Gasteiger partial charge on any atom is -0.337 e. The van der Waals surface area contributed by atoms with Gasteiger partial charge in [-0.15, -0.1) is 0 Å². The predicted molar refractivity (Wildman–Crippen MR) is 91.4 cm³/mol. The van der Waals surface area contributed by atoms with Gasteiger partial charge in [-0.3, -0.25) is 0 Å². The van der Waals surface area contributed by atoms with Gasteiger partial charge in [-0.25, -0.2) is 4.98 Å². The number of hydrogen-bond acceptors (Lipinski definition) is 1. The molecule has 0 aliphatic rings. The highest BCUT2D eigenvalue weighted by molar-refractivity contribution is 6.34. The fraction of sp³-hybridized carbons (Fsp3) is 0.235. The molecule has 3 aromatic rings. The largest absolute Gasteiger partial charge is 0.460 e. The SMILES string of the molecule is FC(F)(F)c1cc(Cl)ccc1-c1cc2nc(C(F)(F)C(F)(F)C(F)(F)F)[nH]c2cc1Cl. The Morgan fingerprint density at radius 1 is 0.774 bits per heavy atom. The van der Waals surface area contributed by atoms with Gasteiger partial charge in [0, 0.05) is 10.6 Å². The second-order valence-electron chi connectivity index (χ2n) is 6.27. The molecule has 0 saturated carbocycles. The number of aromatic nitrogens is 2. The number of fused-ring (bicyclic) bond motifs is 1. The molecule has 2 aromatic carbocycles. The molecule has 0 aliphatic carbocycles. The van der Waals surface area contributed by atoms with E-state index in [4.69, 9.17) is 23.2 Å². The normalized spacial score (nSPS) is 13.8. The molecule has 1 aromatic heterocycles. The van der Waals surface area contributed by atoms with Crippen molar-refractivity contribution in [2.75, 3.05) is 0 Å². The number of aromatic amines is 1. The van der Waals surface area contributed by atoms with Crippen molar-refractivity contribution < 1.29 is 43.9 Å². The first kappa shape index (κ1) is 23.5. The van der Waals surface area contributed by atoms with Gasteiger partial charge in [-0.2, -0.15) is 43.9 Å². The molecule has 1 N–H and O–H groups in total. The van der Waals surface area contributed by atoms with Crippen molar-refractivity contribution >= 4 is 34.2 Å². The highest BCUT2D eigenvalue weighted by Gasteiger charge is 2.74. The number of halogens is 12. The number of rotatable bonds is 3. The molecular formula is C17H6Cl2F10N2. The summed E-state index contributed by atoms with van der Waals surface area (Å²) in [5.74, 6) is -14.3. The molecule has 1 heterocycles. The fourth-order valence-corrected chi connectivity index (χ4v) is 3.14. The summed E-state index contributed by atoms with van der Waals surface area (Å²) in [6.45, 7) is 0. The first-order chi connectivity index (χ1) is 14.0. The zero-order valence-electron chi connectivity index (χ0n) is 14.4. The van der Waals surface area contributed by atoms with Crippen LogP contribution in [0.15, 0.2) is 30.3 Å². The third-order valence-corrected chi connectivity index (χ3v) is 4.74. The average molecular weight is 499 g/mol. The number of nitrogens with zero attached hydrogens (tertiary/aromatic N) is 1. The number of H-pyrrole nitrogens is 1. The van der Waals surface area contributed by atoms with E-state index in [1.807, 2.05) is 0 Å². The summed E-state index contributed by atoms with van der Waals surface area (Å²) in [6, 6.07) is 4.11. The van der Waals surface area contributed by atoms with Gasteiger partial charge >= 0.3 is 24.2 Å². The van der Waals surface area contributed by atoms with Gasteiger partial charge in [-0.05, 0) is 29.8 Å². The molecule has 0 spiro atoms. The van der Waals surface area contributed by atoms with Gasteiger partial charge in [0.2, 0.25) is 0 Å². The van der Waals surface area contributed by atoms with E-state index in [2.05, 4.69) is 4.98 Å². The van der Waals surface area contributed by atoms with E-state index in [0.717, 1.165) is 24.3 Å². The van der Waals surface area contributed by atoms with Crippen LogP contribution < -0.4 is 0 Å². The van der Waals surface area contributed by atoms with Crippen molar-refractivity contribution in [1.82, 2.24) is 9.97 Å². The van der Waals surface area contributed by atoms with Gasteiger partial charge in [0.1, 0.15) is 0 Å². The van der Waals surface area contributed by atoms with E-state index < -0.39 is 57.2 Å². The van der Waals surface area contributed by atoms with E-state index in [9.17, 15) is 43.9 Å². The highest BCUT2D eigenvalue weighted by atomic mass is 35.5. The van der Waals surface area contributed by atoms with Crippen molar-refractivity contribution in [2.24, 2.45) is 0 Å². The molecule has 2 nitrogen and oxygen atoms in total. The monoisotopic (exact) mass is 498 g/mol. The fourth-order valence-electron chi connectivity index (χ4n) is 2.70. The topological polar surface area (TPSA) is 28.7 Å². The standard InChI is InChI=1S/C17H6Cl2F10N2/c18-6-1-2-7(9(3-6)15(22,23)24)8-4-11-12(5-10(8)19)31-13(30-11)14(20,21)16(25,26)17(27,28)29/h1-5H,(H,30,31). The Bertz CT molecular complexity index is 1150. The van der Waals surface area contributed by atoms with Crippen LogP contribution >= 0.6 is 23.2 Å². The summed E-state index contributed by atoms with van der Waals surface area (Å²) in [5.41, 5.74) is -3.28. The molecule has 0 amide bonds. The Morgan fingerprint density at radius 2 is 1.39 bits per heavy atom. The van der Waals surface area contributed by atoms with E-state index in [1.54, 1.807) is 4.98 Å². The summed E-state index contributed by atoms with van der Waals surface area (Å²) >= 11 is 11.5. The average Bonchev–Trinajstić information content (AvgIpc) is 3.02.